The fraction of sp³-hybridized carbons (Fsp3) is 0.150. The first-order valence-corrected chi connectivity index (χ1v) is 9.86. The van der Waals surface area contributed by atoms with E-state index in [9.17, 15) is 4.79 Å². The van der Waals surface area contributed by atoms with Gasteiger partial charge < -0.3 is 10.1 Å². The number of rotatable bonds is 5. The van der Waals surface area contributed by atoms with Crippen LogP contribution < -0.4 is 10.1 Å². The molecule has 2 aromatic carbocycles. The van der Waals surface area contributed by atoms with Crippen LogP contribution in [0.3, 0.4) is 0 Å². The van der Waals surface area contributed by atoms with Crippen molar-refractivity contribution in [2.45, 2.75) is 17.3 Å². The van der Waals surface area contributed by atoms with Crippen LogP contribution in [0.25, 0.3) is 16.6 Å². The van der Waals surface area contributed by atoms with E-state index in [1.807, 2.05) is 47.7 Å². The highest BCUT2D eigenvalue weighted by molar-refractivity contribution is 8.00. The molecule has 2 aromatic heterocycles. The number of aromatic nitrogens is 3. The van der Waals surface area contributed by atoms with Crippen molar-refractivity contribution in [1.29, 1.82) is 0 Å². The van der Waals surface area contributed by atoms with Crippen LogP contribution in [0.1, 0.15) is 6.92 Å². The number of amides is 1. The summed E-state index contributed by atoms with van der Waals surface area (Å²) in [5, 5.41) is 13.2. The van der Waals surface area contributed by atoms with E-state index in [4.69, 9.17) is 16.3 Å². The normalized spacial score (nSPS) is 12.2. The Kier molecular flexibility index (Phi) is 5.11. The van der Waals surface area contributed by atoms with Crippen LogP contribution >= 0.6 is 23.4 Å². The second-order valence-corrected chi connectivity index (χ2v) is 7.91. The van der Waals surface area contributed by atoms with Crippen LogP contribution in [-0.4, -0.2) is 32.9 Å². The van der Waals surface area contributed by atoms with Gasteiger partial charge in [0, 0.05) is 5.02 Å². The molecule has 0 aliphatic carbocycles. The molecule has 0 bridgehead atoms. The van der Waals surface area contributed by atoms with Crippen molar-refractivity contribution in [1.82, 2.24) is 14.6 Å². The summed E-state index contributed by atoms with van der Waals surface area (Å²) in [7, 11) is 1.55. The highest BCUT2D eigenvalue weighted by Gasteiger charge is 2.20. The largest absolute Gasteiger partial charge is 0.495 e. The quantitative estimate of drug-likeness (QED) is 0.482. The molecule has 0 fully saturated rings. The lowest BCUT2D eigenvalue weighted by Crippen LogP contribution is -2.23. The monoisotopic (exact) mass is 412 g/mol. The van der Waals surface area contributed by atoms with Gasteiger partial charge in [0.05, 0.1) is 23.6 Å². The lowest BCUT2D eigenvalue weighted by molar-refractivity contribution is -0.115. The maximum Gasteiger partial charge on any atom is 0.237 e. The maximum absolute atomic E-state index is 12.7. The van der Waals surface area contributed by atoms with Crippen molar-refractivity contribution < 1.29 is 9.53 Å². The summed E-state index contributed by atoms with van der Waals surface area (Å²) in [4.78, 5) is 12.7. The number of benzene rings is 2. The lowest BCUT2D eigenvalue weighted by Gasteiger charge is -2.14. The predicted octanol–water partition coefficient (Wildman–Crippen LogP) is 4.66. The SMILES string of the molecule is COc1ccc(Cl)cc1NC(=O)[C@H](C)Sc1nnc2ccc3ccccc3n12. The maximum atomic E-state index is 12.7. The molecule has 142 valence electrons. The molecule has 8 heteroatoms. The van der Waals surface area contributed by atoms with Gasteiger partial charge in [-0.15, -0.1) is 10.2 Å². The molecular formula is C20H17ClN4O2S. The summed E-state index contributed by atoms with van der Waals surface area (Å²) in [5.74, 6) is 0.372. The minimum absolute atomic E-state index is 0.178. The highest BCUT2D eigenvalue weighted by Crippen LogP contribution is 2.30. The summed E-state index contributed by atoms with van der Waals surface area (Å²) >= 11 is 7.38. The molecule has 0 aliphatic rings. The number of hydrogen-bond acceptors (Lipinski definition) is 5. The van der Waals surface area contributed by atoms with Gasteiger partial charge in [0.15, 0.2) is 10.8 Å². The number of nitrogens with one attached hydrogen (secondary N) is 1. The lowest BCUT2D eigenvalue weighted by atomic mass is 10.2. The molecule has 0 unspecified atom stereocenters. The molecule has 0 radical (unpaired) electrons. The van der Waals surface area contributed by atoms with Crippen molar-refractivity contribution in [3.8, 4) is 5.75 Å². The predicted molar refractivity (Wildman–Crippen MR) is 112 cm³/mol. The number of hydrogen-bond donors (Lipinski definition) is 1. The molecule has 4 rings (SSSR count). The van der Waals surface area contributed by atoms with Gasteiger partial charge in [0.2, 0.25) is 5.91 Å². The van der Waals surface area contributed by atoms with Crippen LogP contribution in [0.15, 0.2) is 59.8 Å². The number of methoxy groups -OCH3 is 1. The van der Waals surface area contributed by atoms with Crippen LogP contribution in [0.4, 0.5) is 5.69 Å². The minimum Gasteiger partial charge on any atom is -0.495 e. The molecule has 2 heterocycles. The number of nitrogens with zero attached hydrogens (tertiary/aromatic N) is 3. The number of fused-ring (bicyclic) bond motifs is 3. The van der Waals surface area contributed by atoms with Gasteiger partial charge in [-0.1, -0.05) is 41.6 Å². The molecule has 1 atom stereocenters. The summed E-state index contributed by atoms with van der Waals surface area (Å²) in [6, 6.07) is 17.0. The Morgan fingerprint density at radius 1 is 1.18 bits per heavy atom. The number of ether oxygens (including phenoxy) is 1. The summed E-state index contributed by atoms with van der Waals surface area (Å²) in [6.45, 7) is 1.82. The van der Waals surface area contributed by atoms with Gasteiger partial charge in [-0.25, -0.2) is 0 Å². The van der Waals surface area contributed by atoms with E-state index >= 15 is 0 Å². The Labute approximate surface area is 170 Å². The van der Waals surface area contributed by atoms with E-state index in [1.165, 1.54) is 11.8 Å². The van der Waals surface area contributed by atoms with Gasteiger partial charge in [-0.2, -0.15) is 0 Å². The van der Waals surface area contributed by atoms with Crippen molar-refractivity contribution >= 4 is 51.5 Å². The van der Waals surface area contributed by atoms with Gasteiger partial charge in [-0.3, -0.25) is 9.20 Å². The fourth-order valence-electron chi connectivity index (χ4n) is 2.91. The first-order chi connectivity index (χ1) is 13.6. The number of carbonyl (C=O) groups is 1. The van der Waals surface area contributed by atoms with Gasteiger partial charge in [0.1, 0.15) is 5.75 Å². The Hall–Kier alpha value is -2.77. The fourth-order valence-corrected chi connectivity index (χ4v) is 3.95. The van der Waals surface area contributed by atoms with Crippen molar-refractivity contribution in [3.63, 3.8) is 0 Å². The molecule has 6 nitrogen and oxygen atoms in total. The zero-order valence-electron chi connectivity index (χ0n) is 15.2. The Balaban J connectivity index is 1.60. The van der Waals surface area contributed by atoms with Crippen molar-refractivity contribution in [2.75, 3.05) is 12.4 Å². The number of thioether (sulfide) groups is 1. The molecule has 4 aromatic rings. The smallest absolute Gasteiger partial charge is 0.237 e. The summed E-state index contributed by atoms with van der Waals surface area (Å²) in [6.07, 6.45) is 0. The third-order valence-corrected chi connectivity index (χ3v) is 5.60. The van der Waals surface area contributed by atoms with Crippen LogP contribution in [-0.2, 0) is 4.79 Å². The zero-order chi connectivity index (χ0) is 19.7. The van der Waals surface area contributed by atoms with Crippen LogP contribution in [0.5, 0.6) is 5.75 Å². The van der Waals surface area contributed by atoms with Crippen molar-refractivity contribution in [3.05, 3.63) is 59.6 Å². The third-order valence-electron chi connectivity index (χ3n) is 4.32. The van der Waals surface area contributed by atoms with E-state index in [1.54, 1.807) is 25.3 Å². The molecule has 1 N–H and O–H groups in total. The molecule has 0 spiro atoms. The van der Waals surface area contributed by atoms with Gasteiger partial charge >= 0.3 is 0 Å². The second-order valence-electron chi connectivity index (χ2n) is 6.16. The highest BCUT2D eigenvalue weighted by atomic mass is 35.5. The Morgan fingerprint density at radius 3 is 2.82 bits per heavy atom. The molecule has 0 saturated heterocycles. The summed E-state index contributed by atoms with van der Waals surface area (Å²) in [5.41, 5.74) is 2.27. The average molecular weight is 413 g/mol. The topological polar surface area (TPSA) is 68.5 Å². The molecule has 0 saturated carbocycles. The molecule has 0 aliphatic heterocycles. The van der Waals surface area contributed by atoms with E-state index in [2.05, 4.69) is 15.5 Å². The van der Waals surface area contributed by atoms with Crippen molar-refractivity contribution in [2.24, 2.45) is 0 Å². The number of carbonyl (C=O) groups excluding carboxylic acids is 1. The molecular weight excluding hydrogens is 396 g/mol. The molecule has 28 heavy (non-hydrogen) atoms. The number of halogens is 1. The standard InChI is InChI=1S/C20H17ClN4O2S/c1-12(19(26)22-15-11-14(21)8-9-17(15)27-2)28-20-24-23-18-10-7-13-5-3-4-6-16(13)25(18)20/h3-12H,1-2H3,(H,22,26)/t12-/m0/s1. The average Bonchev–Trinajstić information content (AvgIpc) is 3.11. The number of pyridine rings is 1. The first-order valence-electron chi connectivity index (χ1n) is 8.61. The van der Waals surface area contributed by atoms with Gasteiger partial charge in [0.25, 0.3) is 0 Å². The number of anilines is 1. The van der Waals surface area contributed by atoms with Gasteiger partial charge in [-0.05, 0) is 48.7 Å². The van der Waals surface area contributed by atoms with E-state index in [0.717, 1.165) is 16.6 Å². The van der Waals surface area contributed by atoms with E-state index in [0.29, 0.717) is 21.6 Å². The van der Waals surface area contributed by atoms with Crippen LogP contribution in [0.2, 0.25) is 5.02 Å². The van der Waals surface area contributed by atoms with E-state index in [-0.39, 0.29) is 5.91 Å². The van der Waals surface area contributed by atoms with Crippen LogP contribution in [0, 0.1) is 0 Å². The Morgan fingerprint density at radius 2 is 2.00 bits per heavy atom. The third kappa shape index (κ3) is 3.50. The molecule has 1 amide bonds. The number of para-hydroxylation sites is 1. The second kappa shape index (κ2) is 7.69. The zero-order valence-corrected chi connectivity index (χ0v) is 16.8. The summed E-state index contributed by atoms with van der Waals surface area (Å²) < 4.78 is 7.25. The van der Waals surface area contributed by atoms with E-state index < -0.39 is 5.25 Å². The Bertz CT molecular complexity index is 1180. The minimum atomic E-state index is -0.407. The first kappa shape index (κ1) is 18.6.